The fraction of sp³-hybridized carbons (Fsp3) is 0.929. The van der Waals surface area contributed by atoms with E-state index in [1.807, 2.05) is 11.9 Å². The van der Waals surface area contributed by atoms with Gasteiger partial charge in [-0.15, -0.1) is 0 Å². The highest BCUT2D eigenvalue weighted by molar-refractivity contribution is 5.77. The van der Waals surface area contributed by atoms with Crippen LogP contribution in [0.5, 0.6) is 0 Å². The third-order valence-corrected chi connectivity index (χ3v) is 3.84. The maximum atomic E-state index is 12.1. The summed E-state index contributed by atoms with van der Waals surface area (Å²) < 4.78 is 0. The van der Waals surface area contributed by atoms with Crippen molar-refractivity contribution in [3.05, 3.63) is 0 Å². The van der Waals surface area contributed by atoms with Gasteiger partial charge >= 0.3 is 0 Å². The molecular weight excluding hydrogens is 212 g/mol. The quantitative estimate of drug-likeness (QED) is 0.821. The van der Waals surface area contributed by atoms with Gasteiger partial charge in [0.25, 0.3) is 0 Å². The number of nitrogens with one attached hydrogen (secondary N) is 1. The molecule has 0 radical (unpaired) electrons. The van der Waals surface area contributed by atoms with Crippen molar-refractivity contribution < 1.29 is 4.79 Å². The number of carbonyl (C=O) groups is 1. The van der Waals surface area contributed by atoms with Crippen molar-refractivity contribution in [1.29, 1.82) is 0 Å². The van der Waals surface area contributed by atoms with Crippen LogP contribution in [0.2, 0.25) is 0 Å². The highest BCUT2D eigenvalue weighted by Crippen LogP contribution is 2.31. The van der Waals surface area contributed by atoms with Crippen LogP contribution in [0.1, 0.15) is 47.5 Å². The van der Waals surface area contributed by atoms with E-state index >= 15 is 0 Å². The number of likely N-dealkylation sites (N-methyl/N-ethyl adjacent to an activating group) is 1. The van der Waals surface area contributed by atoms with Crippen LogP contribution in [0.15, 0.2) is 0 Å². The fourth-order valence-corrected chi connectivity index (χ4v) is 2.38. The maximum Gasteiger partial charge on any atom is 0.223 e. The molecule has 0 spiro atoms. The third kappa shape index (κ3) is 3.98. The molecule has 1 fully saturated rings. The molecule has 1 N–H and O–H groups in total. The van der Waals surface area contributed by atoms with Crippen molar-refractivity contribution >= 4 is 5.91 Å². The predicted octanol–water partition coefficient (Wildman–Crippen LogP) is 2.27. The monoisotopic (exact) mass is 240 g/mol. The standard InChI is InChI=1S/C14H28N2O/c1-13(2,3)11(15-6)10-16-8-7-14(4,5)9-12(16)17/h11,15H,7-10H2,1-6H3/t11-/m1/s1. The molecule has 0 saturated carbocycles. The third-order valence-electron chi connectivity index (χ3n) is 3.84. The van der Waals surface area contributed by atoms with Crippen molar-refractivity contribution in [3.63, 3.8) is 0 Å². The number of carbonyl (C=O) groups excluding carboxylic acids is 1. The normalized spacial score (nSPS) is 22.7. The molecule has 1 amide bonds. The minimum absolute atomic E-state index is 0.183. The second-order valence-corrected chi connectivity index (χ2v) is 7.14. The molecule has 0 bridgehead atoms. The van der Waals surface area contributed by atoms with E-state index in [-0.39, 0.29) is 10.8 Å². The first kappa shape index (κ1) is 14.5. The lowest BCUT2D eigenvalue weighted by Crippen LogP contribution is -2.51. The van der Waals surface area contributed by atoms with Gasteiger partial charge in [-0.2, -0.15) is 0 Å². The lowest BCUT2D eigenvalue weighted by Gasteiger charge is -2.40. The molecule has 100 valence electrons. The summed E-state index contributed by atoms with van der Waals surface area (Å²) in [4.78, 5) is 14.1. The van der Waals surface area contributed by atoms with Gasteiger partial charge < -0.3 is 10.2 Å². The van der Waals surface area contributed by atoms with Gasteiger partial charge in [0.1, 0.15) is 0 Å². The Hall–Kier alpha value is -0.570. The van der Waals surface area contributed by atoms with Crippen LogP contribution in [0, 0.1) is 10.8 Å². The van der Waals surface area contributed by atoms with E-state index in [0.29, 0.717) is 18.4 Å². The zero-order valence-electron chi connectivity index (χ0n) is 12.3. The average molecular weight is 240 g/mol. The number of nitrogens with zero attached hydrogens (tertiary/aromatic N) is 1. The molecule has 0 aromatic carbocycles. The summed E-state index contributed by atoms with van der Waals surface area (Å²) in [5, 5.41) is 3.34. The van der Waals surface area contributed by atoms with Gasteiger partial charge in [-0.3, -0.25) is 4.79 Å². The fourth-order valence-electron chi connectivity index (χ4n) is 2.38. The molecule has 1 aliphatic heterocycles. The summed E-state index contributed by atoms with van der Waals surface area (Å²) in [5.41, 5.74) is 0.368. The van der Waals surface area contributed by atoms with Crippen LogP contribution in [0.25, 0.3) is 0 Å². The Morgan fingerprint density at radius 3 is 2.41 bits per heavy atom. The Morgan fingerprint density at radius 2 is 2.00 bits per heavy atom. The Labute approximate surface area is 106 Å². The Morgan fingerprint density at radius 1 is 1.41 bits per heavy atom. The van der Waals surface area contributed by atoms with Crippen LogP contribution < -0.4 is 5.32 Å². The SMILES string of the molecule is CN[C@H](CN1CCC(C)(C)CC1=O)C(C)(C)C. The molecule has 1 rings (SSSR count). The molecule has 3 heteroatoms. The van der Waals surface area contributed by atoms with Crippen LogP contribution in [-0.4, -0.2) is 37.0 Å². The van der Waals surface area contributed by atoms with Crippen molar-refractivity contribution in [3.8, 4) is 0 Å². The molecule has 1 heterocycles. The van der Waals surface area contributed by atoms with Gasteiger partial charge in [0.05, 0.1) is 0 Å². The maximum absolute atomic E-state index is 12.1. The van der Waals surface area contributed by atoms with Gasteiger partial charge in [0.2, 0.25) is 5.91 Å². The van der Waals surface area contributed by atoms with Gasteiger partial charge in [0, 0.05) is 25.6 Å². The number of hydrogen-bond donors (Lipinski definition) is 1. The van der Waals surface area contributed by atoms with Crippen LogP contribution in [-0.2, 0) is 4.79 Å². The molecule has 1 saturated heterocycles. The number of likely N-dealkylation sites (tertiary alicyclic amines) is 1. The highest BCUT2D eigenvalue weighted by Gasteiger charge is 2.34. The molecule has 0 aromatic rings. The van der Waals surface area contributed by atoms with Gasteiger partial charge in [-0.1, -0.05) is 34.6 Å². The molecule has 1 atom stereocenters. The second-order valence-electron chi connectivity index (χ2n) is 7.14. The Kier molecular flexibility index (Phi) is 4.23. The van der Waals surface area contributed by atoms with E-state index in [1.165, 1.54) is 0 Å². The van der Waals surface area contributed by atoms with Gasteiger partial charge in [0.15, 0.2) is 0 Å². The van der Waals surface area contributed by atoms with E-state index in [1.54, 1.807) is 0 Å². The summed E-state index contributed by atoms with van der Waals surface area (Å²) in [7, 11) is 1.98. The Balaban J connectivity index is 2.61. The first-order chi connectivity index (χ1) is 7.65. The van der Waals surface area contributed by atoms with E-state index in [4.69, 9.17) is 0 Å². The molecule has 17 heavy (non-hydrogen) atoms. The summed E-state index contributed by atoms with van der Waals surface area (Å²) in [6, 6.07) is 0.354. The smallest absolute Gasteiger partial charge is 0.223 e. The number of piperidine rings is 1. The van der Waals surface area contributed by atoms with Crippen molar-refractivity contribution in [2.24, 2.45) is 10.8 Å². The summed E-state index contributed by atoms with van der Waals surface area (Å²) in [6.45, 7) is 12.7. The minimum Gasteiger partial charge on any atom is -0.341 e. The van der Waals surface area contributed by atoms with Crippen molar-refractivity contribution in [1.82, 2.24) is 10.2 Å². The molecule has 0 unspecified atom stereocenters. The predicted molar refractivity (Wildman–Crippen MR) is 71.9 cm³/mol. The molecule has 3 nitrogen and oxygen atoms in total. The first-order valence-electron chi connectivity index (χ1n) is 6.61. The molecule has 0 aromatic heterocycles. The topological polar surface area (TPSA) is 32.3 Å². The molecule has 1 aliphatic rings. The first-order valence-corrected chi connectivity index (χ1v) is 6.61. The van der Waals surface area contributed by atoms with Crippen molar-refractivity contribution in [2.75, 3.05) is 20.1 Å². The lowest BCUT2D eigenvalue weighted by atomic mass is 9.81. The second kappa shape index (κ2) is 4.97. The number of rotatable bonds is 3. The highest BCUT2D eigenvalue weighted by atomic mass is 16.2. The van der Waals surface area contributed by atoms with Crippen LogP contribution >= 0.6 is 0 Å². The molecule has 0 aliphatic carbocycles. The summed E-state index contributed by atoms with van der Waals surface area (Å²) in [5.74, 6) is 0.311. The van der Waals surface area contributed by atoms with Crippen LogP contribution in [0.4, 0.5) is 0 Å². The Bertz CT molecular complexity index is 278. The summed E-state index contributed by atoms with van der Waals surface area (Å²) in [6.07, 6.45) is 1.80. The zero-order valence-corrected chi connectivity index (χ0v) is 12.3. The van der Waals surface area contributed by atoms with E-state index in [9.17, 15) is 4.79 Å². The number of amides is 1. The van der Waals surface area contributed by atoms with Gasteiger partial charge in [-0.25, -0.2) is 0 Å². The minimum atomic E-state index is 0.183. The molecular formula is C14H28N2O. The van der Waals surface area contributed by atoms with E-state index in [0.717, 1.165) is 19.5 Å². The summed E-state index contributed by atoms with van der Waals surface area (Å²) >= 11 is 0. The number of hydrogen-bond acceptors (Lipinski definition) is 2. The van der Waals surface area contributed by atoms with E-state index < -0.39 is 0 Å². The van der Waals surface area contributed by atoms with Crippen molar-refractivity contribution in [2.45, 2.75) is 53.5 Å². The largest absolute Gasteiger partial charge is 0.341 e. The van der Waals surface area contributed by atoms with Gasteiger partial charge in [-0.05, 0) is 24.3 Å². The van der Waals surface area contributed by atoms with E-state index in [2.05, 4.69) is 39.9 Å². The zero-order chi connectivity index (χ0) is 13.3. The lowest BCUT2D eigenvalue weighted by molar-refractivity contribution is -0.137. The van der Waals surface area contributed by atoms with Crippen LogP contribution in [0.3, 0.4) is 0 Å². The average Bonchev–Trinajstić information content (AvgIpc) is 2.13.